The third-order valence-electron chi connectivity index (χ3n) is 4.06. The van der Waals surface area contributed by atoms with Crippen LogP contribution in [0.4, 0.5) is 5.69 Å². The van der Waals surface area contributed by atoms with Crippen LogP contribution in [0.2, 0.25) is 0 Å². The number of hydrogen-bond donors (Lipinski definition) is 2. The summed E-state index contributed by atoms with van der Waals surface area (Å²) in [4.78, 5) is 12.2. The van der Waals surface area contributed by atoms with Gasteiger partial charge in [-0.3, -0.25) is 4.79 Å². The van der Waals surface area contributed by atoms with Gasteiger partial charge in [-0.05, 0) is 66.6 Å². The molecule has 3 N–H and O–H groups in total. The smallest absolute Gasteiger partial charge is 0.255 e. The molecule has 0 heterocycles. The number of nitrogens with two attached hydrogens (primary N) is 1. The molecule has 0 fully saturated rings. The first-order valence-electron chi connectivity index (χ1n) is 7.48. The average Bonchev–Trinajstić information content (AvgIpc) is 2.55. The van der Waals surface area contributed by atoms with E-state index in [1.165, 1.54) is 24.0 Å². The molecule has 3 nitrogen and oxygen atoms in total. The van der Waals surface area contributed by atoms with Gasteiger partial charge in [0.1, 0.15) is 0 Å². The largest absolute Gasteiger partial charge is 0.326 e. The van der Waals surface area contributed by atoms with Gasteiger partial charge in [-0.1, -0.05) is 18.2 Å². The fraction of sp³-hybridized carbons (Fsp3) is 0.278. The van der Waals surface area contributed by atoms with E-state index in [2.05, 4.69) is 17.4 Å². The molecule has 3 heteroatoms. The first-order chi connectivity index (χ1) is 10.3. The van der Waals surface area contributed by atoms with E-state index in [1.807, 2.05) is 30.3 Å². The van der Waals surface area contributed by atoms with Crippen LogP contribution in [-0.2, 0) is 19.4 Å². The molecule has 0 spiro atoms. The number of nitrogens with one attached hydrogen (secondary N) is 1. The van der Waals surface area contributed by atoms with Crippen LogP contribution in [0.1, 0.15) is 39.9 Å². The van der Waals surface area contributed by atoms with Crippen molar-refractivity contribution in [1.82, 2.24) is 0 Å². The van der Waals surface area contributed by atoms with Gasteiger partial charge in [-0.2, -0.15) is 0 Å². The second-order valence-corrected chi connectivity index (χ2v) is 5.55. The maximum absolute atomic E-state index is 12.2. The van der Waals surface area contributed by atoms with Crippen LogP contribution in [0.5, 0.6) is 0 Å². The number of hydrogen-bond acceptors (Lipinski definition) is 2. The maximum atomic E-state index is 12.2. The molecule has 1 aliphatic carbocycles. The molecule has 0 aromatic heterocycles. The van der Waals surface area contributed by atoms with Crippen molar-refractivity contribution in [2.45, 2.75) is 32.2 Å². The number of carbonyl (C=O) groups is 1. The van der Waals surface area contributed by atoms with E-state index in [9.17, 15) is 4.79 Å². The van der Waals surface area contributed by atoms with Crippen LogP contribution in [0, 0.1) is 0 Å². The van der Waals surface area contributed by atoms with Gasteiger partial charge in [0.05, 0.1) is 0 Å². The van der Waals surface area contributed by atoms with Crippen molar-refractivity contribution in [3.8, 4) is 0 Å². The Labute approximate surface area is 125 Å². The average molecular weight is 280 g/mol. The molecular formula is C18H20N2O. The van der Waals surface area contributed by atoms with E-state index in [0.717, 1.165) is 24.1 Å². The Hall–Kier alpha value is -2.13. The number of amides is 1. The Bertz CT molecular complexity index is 647. The van der Waals surface area contributed by atoms with Crippen LogP contribution in [0.25, 0.3) is 0 Å². The molecule has 0 radical (unpaired) electrons. The minimum atomic E-state index is -0.0747. The van der Waals surface area contributed by atoms with Gasteiger partial charge in [0.25, 0.3) is 5.91 Å². The minimum Gasteiger partial charge on any atom is -0.326 e. The maximum Gasteiger partial charge on any atom is 0.255 e. The summed E-state index contributed by atoms with van der Waals surface area (Å²) in [7, 11) is 0. The van der Waals surface area contributed by atoms with Gasteiger partial charge < -0.3 is 11.1 Å². The number of carbonyl (C=O) groups excluding carboxylic acids is 1. The number of rotatable bonds is 3. The van der Waals surface area contributed by atoms with E-state index in [0.29, 0.717) is 12.1 Å². The van der Waals surface area contributed by atoms with Gasteiger partial charge in [-0.25, -0.2) is 0 Å². The highest BCUT2D eigenvalue weighted by Gasteiger charge is 2.11. The SMILES string of the molecule is NCc1ccc(C(=O)Nc2ccc3c(c2)CCCC3)cc1. The summed E-state index contributed by atoms with van der Waals surface area (Å²) in [6.07, 6.45) is 4.78. The molecule has 0 atom stereocenters. The number of aryl methyl sites for hydroxylation is 2. The molecule has 2 aromatic rings. The number of benzene rings is 2. The third kappa shape index (κ3) is 3.14. The Morgan fingerprint density at radius 3 is 2.43 bits per heavy atom. The quantitative estimate of drug-likeness (QED) is 0.906. The Kier molecular flexibility index (Phi) is 4.02. The first kappa shape index (κ1) is 13.8. The fourth-order valence-electron chi connectivity index (χ4n) is 2.81. The fourth-order valence-corrected chi connectivity index (χ4v) is 2.81. The van der Waals surface area contributed by atoms with E-state index in [1.54, 1.807) is 0 Å². The summed E-state index contributed by atoms with van der Waals surface area (Å²) in [6, 6.07) is 13.7. The van der Waals surface area contributed by atoms with E-state index >= 15 is 0 Å². The molecule has 0 saturated carbocycles. The zero-order valence-corrected chi connectivity index (χ0v) is 12.1. The van der Waals surface area contributed by atoms with Gasteiger partial charge in [0.2, 0.25) is 0 Å². The summed E-state index contributed by atoms with van der Waals surface area (Å²) in [6.45, 7) is 0.493. The second kappa shape index (κ2) is 6.10. The topological polar surface area (TPSA) is 55.1 Å². The lowest BCUT2D eigenvalue weighted by molar-refractivity contribution is 0.102. The molecule has 0 saturated heterocycles. The summed E-state index contributed by atoms with van der Waals surface area (Å²) >= 11 is 0. The van der Waals surface area contributed by atoms with Crippen molar-refractivity contribution in [3.05, 3.63) is 64.7 Å². The third-order valence-corrected chi connectivity index (χ3v) is 4.06. The molecule has 1 amide bonds. The predicted molar refractivity (Wildman–Crippen MR) is 85.4 cm³/mol. The summed E-state index contributed by atoms with van der Waals surface area (Å²) in [5.41, 5.74) is 10.9. The van der Waals surface area contributed by atoms with E-state index < -0.39 is 0 Å². The normalized spacial score (nSPS) is 13.6. The number of anilines is 1. The summed E-state index contributed by atoms with van der Waals surface area (Å²) < 4.78 is 0. The molecule has 108 valence electrons. The summed E-state index contributed by atoms with van der Waals surface area (Å²) in [5, 5.41) is 2.98. The molecular weight excluding hydrogens is 260 g/mol. The van der Waals surface area contributed by atoms with Crippen LogP contribution >= 0.6 is 0 Å². The Morgan fingerprint density at radius 2 is 1.71 bits per heavy atom. The highest BCUT2D eigenvalue weighted by Crippen LogP contribution is 2.24. The monoisotopic (exact) mass is 280 g/mol. The molecule has 0 aliphatic heterocycles. The lowest BCUT2D eigenvalue weighted by Crippen LogP contribution is -2.13. The zero-order valence-electron chi connectivity index (χ0n) is 12.1. The lowest BCUT2D eigenvalue weighted by atomic mass is 9.91. The van der Waals surface area contributed by atoms with Crippen LogP contribution in [-0.4, -0.2) is 5.91 Å². The van der Waals surface area contributed by atoms with Crippen molar-refractivity contribution in [2.75, 3.05) is 5.32 Å². The Balaban J connectivity index is 1.74. The lowest BCUT2D eigenvalue weighted by Gasteiger charge is -2.16. The minimum absolute atomic E-state index is 0.0747. The van der Waals surface area contributed by atoms with Crippen molar-refractivity contribution in [3.63, 3.8) is 0 Å². The number of fused-ring (bicyclic) bond motifs is 1. The Morgan fingerprint density at radius 1 is 1.00 bits per heavy atom. The second-order valence-electron chi connectivity index (χ2n) is 5.55. The predicted octanol–water partition coefficient (Wildman–Crippen LogP) is 3.28. The zero-order chi connectivity index (χ0) is 14.7. The van der Waals surface area contributed by atoms with Crippen molar-refractivity contribution in [2.24, 2.45) is 5.73 Å². The van der Waals surface area contributed by atoms with Gasteiger partial charge in [0, 0.05) is 17.8 Å². The van der Waals surface area contributed by atoms with Gasteiger partial charge in [0.15, 0.2) is 0 Å². The van der Waals surface area contributed by atoms with Crippen molar-refractivity contribution >= 4 is 11.6 Å². The van der Waals surface area contributed by atoms with Crippen LogP contribution < -0.4 is 11.1 Å². The van der Waals surface area contributed by atoms with Gasteiger partial charge >= 0.3 is 0 Å². The van der Waals surface area contributed by atoms with E-state index in [4.69, 9.17) is 5.73 Å². The van der Waals surface area contributed by atoms with Gasteiger partial charge in [-0.15, -0.1) is 0 Å². The molecule has 0 unspecified atom stereocenters. The first-order valence-corrected chi connectivity index (χ1v) is 7.48. The van der Waals surface area contributed by atoms with Crippen molar-refractivity contribution < 1.29 is 4.79 Å². The standard InChI is InChI=1S/C18H20N2O/c19-12-13-5-7-15(8-6-13)18(21)20-17-10-9-14-3-1-2-4-16(14)11-17/h5-11H,1-4,12,19H2,(H,20,21). The molecule has 1 aliphatic rings. The molecule has 0 bridgehead atoms. The van der Waals surface area contributed by atoms with Crippen LogP contribution in [0.15, 0.2) is 42.5 Å². The van der Waals surface area contributed by atoms with Crippen LogP contribution in [0.3, 0.4) is 0 Å². The highest BCUT2D eigenvalue weighted by molar-refractivity contribution is 6.04. The molecule has 21 heavy (non-hydrogen) atoms. The van der Waals surface area contributed by atoms with E-state index in [-0.39, 0.29) is 5.91 Å². The molecule has 3 rings (SSSR count). The van der Waals surface area contributed by atoms with Crippen molar-refractivity contribution in [1.29, 1.82) is 0 Å². The highest BCUT2D eigenvalue weighted by atomic mass is 16.1. The summed E-state index contributed by atoms with van der Waals surface area (Å²) in [5.74, 6) is -0.0747. The molecule has 2 aromatic carbocycles.